The molecule has 3 aromatic rings. The van der Waals surface area contributed by atoms with Gasteiger partial charge in [-0.1, -0.05) is 13.8 Å². The summed E-state index contributed by atoms with van der Waals surface area (Å²) in [6, 6.07) is 8.65. The Bertz CT molecular complexity index is 981. The van der Waals surface area contributed by atoms with Crippen molar-refractivity contribution >= 4 is 33.9 Å². The van der Waals surface area contributed by atoms with E-state index >= 15 is 0 Å². The minimum Gasteiger partial charge on any atom is -0.369 e. The van der Waals surface area contributed by atoms with Crippen LogP contribution in [0.5, 0.6) is 0 Å². The first-order valence-electron chi connectivity index (χ1n) is 8.98. The van der Waals surface area contributed by atoms with Gasteiger partial charge in [-0.05, 0) is 43.8 Å². The van der Waals surface area contributed by atoms with Gasteiger partial charge in [-0.25, -0.2) is 4.98 Å². The number of hydrogen-bond acceptors (Lipinski definition) is 7. The maximum Gasteiger partial charge on any atom is 0.311 e. The van der Waals surface area contributed by atoms with Crippen LogP contribution in [0.1, 0.15) is 13.8 Å². The van der Waals surface area contributed by atoms with E-state index in [4.69, 9.17) is 0 Å². The van der Waals surface area contributed by atoms with Crippen molar-refractivity contribution in [3.05, 3.63) is 46.6 Å². The summed E-state index contributed by atoms with van der Waals surface area (Å²) >= 11 is 0. The standard InChI is InChI=1S/C19H25N7O2/c1-19(2,12-25(3)4)11-20-17-8-7-16(26(27)28)18(23-17)22-14-5-6-15-13(9-14)10-21-24-15/h5-10H,11-12H2,1-4H3,(H,21,24)(H2,20,22,23). The predicted octanol–water partition coefficient (Wildman–Crippen LogP) is 3.61. The van der Waals surface area contributed by atoms with Gasteiger partial charge in [-0.15, -0.1) is 0 Å². The summed E-state index contributed by atoms with van der Waals surface area (Å²) in [5.74, 6) is 0.785. The Morgan fingerprint density at radius 1 is 1.25 bits per heavy atom. The third-order valence-electron chi connectivity index (χ3n) is 4.27. The van der Waals surface area contributed by atoms with Crippen molar-refractivity contribution in [2.24, 2.45) is 5.41 Å². The molecule has 0 aliphatic heterocycles. The van der Waals surface area contributed by atoms with Crippen molar-refractivity contribution in [2.75, 3.05) is 37.8 Å². The van der Waals surface area contributed by atoms with Crippen LogP contribution in [-0.4, -0.2) is 52.2 Å². The second kappa shape index (κ2) is 7.81. The zero-order valence-electron chi connectivity index (χ0n) is 16.5. The zero-order chi connectivity index (χ0) is 20.3. The molecule has 0 amide bonds. The van der Waals surface area contributed by atoms with Crippen LogP contribution in [-0.2, 0) is 0 Å². The molecule has 28 heavy (non-hydrogen) atoms. The molecule has 0 saturated carbocycles. The molecule has 3 N–H and O–H groups in total. The summed E-state index contributed by atoms with van der Waals surface area (Å²) < 4.78 is 0. The quantitative estimate of drug-likeness (QED) is 0.402. The second-order valence-corrected chi connectivity index (χ2v) is 7.87. The number of pyridine rings is 1. The Kier molecular flexibility index (Phi) is 5.46. The number of benzene rings is 1. The summed E-state index contributed by atoms with van der Waals surface area (Å²) in [6.07, 6.45) is 1.70. The van der Waals surface area contributed by atoms with E-state index in [2.05, 4.69) is 44.6 Å². The van der Waals surface area contributed by atoms with Crippen molar-refractivity contribution in [1.29, 1.82) is 0 Å². The number of nitrogens with zero attached hydrogens (tertiary/aromatic N) is 4. The van der Waals surface area contributed by atoms with Gasteiger partial charge in [0.15, 0.2) is 0 Å². The SMILES string of the molecule is CN(C)CC(C)(C)CNc1ccc([N+](=O)[O-])c(Nc2ccc3[nH]ncc3c2)n1. The Morgan fingerprint density at radius 2 is 2.04 bits per heavy atom. The van der Waals surface area contributed by atoms with Crippen molar-refractivity contribution in [1.82, 2.24) is 20.1 Å². The van der Waals surface area contributed by atoms with Gasteiger partial charge in [-0.2, -0.15) is 5.10 Å². The van der Waals surface area contributed by atoms with Crippen molar-refractivity contribution in [3.63, 3.8) is 0 Å². The van der Waals surface area contributed by atoms with Crippen LogP contribution in [0, 0.1) is 15.5 Å². The van der Waals surface area contributed by atoms with E-state index in [9.17, 15) is 10.1 Å². The number of H-pyrrole nitrogens is 1. The number of anilines is 3. The average Bonchev–Trinajstić information content (AvgIpc) is 3.06. The van der Waals surface area contributed by atoms with E-state index in [0.29, 0.717) is 18.1 Å². The lowest BCUT2D eigenvalue weighted by molar-refractivity contribution is -0.384. The van der Waals surface area contributed by atoms with Gasteiger partial charge in [0, 0.05) is 30.2 Å². The van der Waals surface area contributed by atoms with E-state index in [-0.39, 0.29) is 16.9 Å². The first-order valence-corrected chi connectivity index (χ1v) is 8.98. The minimum absolute atomic E-state index is 0.0207. The van der Waals surface area contributed by atoms with Gasteiger partial charge in [0.1, 0.15) is 5.82 Å². The molecule has 2 aromatic heterocycles. The molecule has 1 aromatic carbocycles. The predicted molar refractivity (Wildman–Crippen MR) is 111 cm³/mol. The summed E-state index contributed by atoms with van der Waals surface area (Å²) in [5.41, 5.74) is 1.54. The fraction of sp³-hybridized carbons (Fsp3) is 0.368. The molecule has 148 valence electrons. The summed E-state index contributed by atoms with van der Waals surface area (Å²) in [5, 5.41) is 25.5. The minimum atomic E-state index is -0.439. The van der Waals surface area contributed by atoms with Gasteiger partial charge in [0.05, 0.1) is 16.6 Å². The molecule has 9 nitrogen and oxygen atoms in total. The van der Waals surface area contributed by atoms with Gasteiger partial charge in [0.2, 0.25) is 5.82 Å². The monoisotopic (exact) mass is 383 g/mol. The Labute approximate surface area is 163 Å². The van der Waals surface area contributed by atoms with Gasteiger partial charge in [0.25, 0.3) is 0 Å². The number of nitro groups is 1. The topological polar surface area (TPSA) is 112 Å². The lowest BCUT2D eigenvalue weighted by Gasteiger charge is -2.28. The fourth-order valence-electron chi connectivity index (χ4n) is 3.19. The van der Waals surface area contributed by atoms with Crippen LogP contribution in [0.2, 0.25) is 0 Å². The van der Waals surface area contributed by atoms with Crippen LogP contribution < -0.4 is 10.6 Å². The number of hydrogen-bond donors (Lipinski definition) is 3. The molecule has 0 atom stereocenters. The van der Waals surface area contributed by atoms with Crippen LogP contribution in [0.15, 0.2) is 36.5 Å². The summed E-state index contributed by atoms with van der Waals surface area (Å²) in [6.45, 7) is 5.91. The molecule has 2 heterocycles. The first kappa shape index (κ1) is 19.6. The number of aromatic nitrogens is 3. The molecule has 9 heteroatoms. The largest absolute Gasteiger partial charge is 0.369 e. The van der Waals surface area contributed by atoms with Gasteiger partial charge >= 0.3 is 5.69 Å². The Hall–Kier alpha value is -3.20. The van der Waals surface area contributed by atoms with E-state index in [0.717, 1.165) is 17.4 Å². The molecule has 0 spiro atoms. The lowest BCUT2D eigenvalue weighted by atomic mass is 9.93. The van der Waals surface area contributed by atoms with Crippen LogP contribution >= 0.6 is 0 Å². The van der Waals surface area contributed by atoms with E-state index in [1.54, 1.807) is 12.3 Å². The van der Waals surface area contributed by atoms with Crippen molar-refractivity contribution in [3.8, 4) is 0 Å². The highest BCUT2D eigenvalue weighted by Gasteiger charge is 2.20. The number of rotatable bonds is 8. The van der Waals surface area contributed by atoms with Gasteiger partial charge in [-0.3, -0.25) is 15.2 Å². The molecule has 0 fully saturated rings. The van der Waals surface area contributed by atoms with Gasteiger partial charge < -0.3 is 15.5 Å². The van der Waals surface area contributed by atoms with E-state index in [1.807, 2.05) is 32.3 Å². The normalized spacial score (nSPS) is 11.8. The Morgan fingerprint density at radius 3 is 2.75 bits per heavy atom. The average molecular weight is 383 g/mol. The molecular weight excluding hydrogens is 358 g/mol. The van der Waals surface area contributed by atoms with E-state index < -0.39 is 4.92 Å². The van der Waals surface area contributed by atoms with Crippen molar-refractivity contribution < 1.29 is 4.92 Å². The number of fused-ring (bicyclic) bond motifs is 1. The van der Waals surface area contributed by atoms with Crippen LogP contribution in [0.3, 0.4) is 0 Å². The second-order valence-electron chi connectivity index (χ2n) is 7.87. The zero-order valence-corrected chi connectivity index (χ0v) is 16.5. The van der Waals surface area contributed by atoms with Crippen LogP contribution in [0.4, 0.5) is 23.0 Å². The fourth-order valence-corrected chi connectivity index (χ4v) is 3.19. The summed E-state index contributed by atoms with van der Waals surface area (Å²) in [4.78, 5) is 17.5. The molecular formula is C19H25N7O2. The number of aromatic amines is 1. The molecule has 0 aliphatic rings. The lowest BCUT2D eigenvalue weighted by Crippen LogP contribution is -2.34. The van der Waals surface area contributed by atoms with E-state index in [1.165, 1.54) is 6.07 Å². The third kappa shape index (κ3) is 4.74. The highest BCUT2D eigenvalue weighted by Crippen LogP contribution is 2.29. The molecule has 0 unspecified atom stereocenters. The van der Waals surface area contributed by atoms with Crippen molar-refractivity contribution in [2.45, 2.75) is 13.8 Å². The smallest absolute Gasteiger partial charge is 0.311 e. The highest BCUT2D eigenvalue weighted by molar-refractivity contribution is 5.83. The molecule has 0 saturated heterocycles. The maximum atomic E-state index is 11.4. The maximum absolute atomic E-state index is 11.4. The summed E-state index contributed by atoms with van der Waals surface area (Å²) in [7, 11) is 4.06. The van der Waals surface area contributed by atoms with Crippen LogP contribution in [0.25, 0.3) is 10.9 Å². The first-order chi connectivity index (χ1) is 13.2. The highest BCUT2D eigenvalue weighted by atomic mass is 16.6. The number of nitrogens with one attached hydrogen (secondary N) is 3. The molecule has 3 rings (SSSR count). The molecule has 0 bridgehead atoms. The molecule has 0 radical (unpaired) electrons. The molecule has 0 aliphatic carbocycles. The Balaban J connectivity index is 1.82. The third-order valence-corrected chi connectivity index (χ3v) is 4.27.